The van der Waals surface area contributed by atoms with Gasteiger partial charge in [0.15, 0.2) is 0 Å². The third kappa shape index (κ3) is 7.56. The van der Waals surface area contributed by atoms with E-state index >= 15 is 0 Å². The smallest absolute Gasteiger partial charge is 0.0688 e. The Morgan fingerprint density at radius 3 is 1.97 bits per heavy atom. The molecule has 0 saturated heterocycles. The molecule has 163 valence electrons. The zero-order valence-corrected chi connectivity index (χ0v) is 21.9. The van der Waals surface area contributed by atoms with E-state index in [9.17, 15) is 5.11 Å². The summed E-state index contributed by atoms with van der Waals surface area (Å²) < 4.78 is 1.04. The standard InChI is InChI=1S/C19H16BrNO.C8H12.Ir/c1-12-9-15(20)10-13(2)19(12)21-11-17-16-6-4-3-5-14(16)7-8-18(17)22;1-2-4-6-8-7-5-3-1;/h3-11,22H,1-2H3;1-2,7-8H,3-6H2;/p-1. The van der Waals surface area contributed by atoms with Crippen molar-refractivity contribution in [2.45, 2.75) is 39.5 Å². The van der Waals surface area contributed by atoms with Crippen molar-refractivity contribution < 1.29 is 25.2 Å². The van der Waals surface area contributed by atoms with Crippen LogP contribution in [0.2, 0.25) is 0 Å². The summed E-state index contributed by atoms with van der Waals surface area (Å²) in [7, 11) is 0. The second-order valence-electron chi connectivity index (χ2n) is 7.44. The number of benzene rings is 3. The predicted octanol–water partition coefficient (Wildman–Crippen LogP) is 7.42. The molecule has 0 atom stereocenters. The van der Waals surface area contributed by atoms with Gasteiger partial charge in [-0.2, -0.15) is 0 Å². The van der Waals surface area contributed by atoms with Crippen LogP contribution >= 0.6 is 15.9 Å². The Hall–Kier alpha value is -1.48. The fourth-order valence-corrected chi connectivity index (χ4v) is 4.19. The number of rotatable bonds is 2. The number of aryl methyl sites for hydroxylation is 2. The van der Waals surface area contributed by atoms with E-state index in [0.717, 1.165) is 32.1 Å². The first-order valence-electron chi connectivity index (χ1n) is 10.4. The number of fused-ring (bicyclic) bond motifs is 1. The number of hydrogen-bond acceptors (Lipinski definition) is 2. The Bertz CT molecular complexity index is 968. The van der Waals surface area contributed by atoms with Crippen LogP contribution in [0.25, 0.3) is 10.8 Å². The molecular formula is C27H27BrIrNO-. The van der Waals surface area contributed by atoms with E-state index in [2.05, 4.69) is 46.6 Å². The zero-order chi connectivity index (χ0) is 21.3. The number of nitrogens with zero attached hydrogens (tertiary/aromatic N) is 1. The van der Waals surface area contributed by atoms with E-state index in [0.29, 0.717) is 5.56 Å². The van der Waals surface area contributed by atoms with E-state index in [-0.39, 0.29) is 25.9 Å². The van der Waals surface area contributed by atoms with E-state index in [4.69, 9.17) is 0 Å². The van der Waals surface area contributed by atoms with Crippen LogP contribution in [0, 0.1) is 39.5 Å². The van der Waals surface area contributed by atoms with Crippen LogP contribution in [0.3, 0.4) is 0 Å². The van der Waals surface area contributed by atoms with Crippen LogP contribution in [-0.2, 0) is 20.1 Å². The van der Waals surface area contributed by atoms with Crippen LogP contribution < -0.4 is 5.11 Å². The molecule has 31 heavy (non-hydrogen) atoms. The summed E-state index contributed by atoms with van der Waals surface area (Å²) in [6.07, 6.45) is 15.7. The van der Waals surface area contributed by atoms with Crippen LogP contribution in [0.4, 0.5) is 5.69 Å². The van der Waals surface area contributed by atoms with E-state index < -0.39 is 0 Å². The molecule has 0 aromatic heterocycles. The third-order valence-electron chi connectivity index (χ3n) is 5.04. The van der Waals surface area contributed by atoms with Crippen molar-refractivity contribution in [1.29, 1.82) is 0 Å². The average Bonchev–Trinajstić information content (AvgIpc) is 2.68. The first-order chi connectivity index (χ1) is 14.6. The Balaban J connectivity index is 0.000000322. The largest absolute Gasteiger partial charge is 0.872 e. The molecule has 1 fully saturated rings. The maximum atomic E-state index is 12.2. The minimum atomic E-state index is -0.00475. The summed E-state index contributed by atoms with van der Waals surface area (Å²) in [5.74, 6) is -0.00475. The van der Waals surface area contributed by atoms with Crippen LogP contribution in [0.5, 0.6) is 5.75 Å². The summed E-state index contributed by atoms with van der Waals surface area (Å²) in [5, 5.41) is 14.2. The molecule has 0 amide bonds. The molecule has 0 heterocycles. The fraction of sp³-hybridized carbons (Fsp3) is 0.222. The van der Waals surface area contributed by atoms with Crippen LogP contribution in [-0.4, -0.2) is 6.21 Å². The van der Waals surface area contributed by atoms with Crippen molar-refractivity contribution in [3.05, 3.63) is 95.4 Å². The summed E-state index contributed by atoms with van der Waals surface area (Å²) in [5.41, 5.74) is 3.71. The van der Waals surface area contributed by atoms with Gasteiger partial charge >= 0.3 is 0 Å². The number of hydrogen-bond donors (Lipinski definition) is 0. The molecule has 0 aliphatic heterocycles. The molecule has 3 aromatic carbocycles. The molecule has 4 heteroatoms. The van der Waals surface area contributed by atoms with Gasteiger partial charge in [-0.15, -0.1) is 0 Å². The predicted molar refractivity (Wildman–Crippen MR) is 130 cm³/mol. The Morgan fingerprint density at radius 1 is 0.839 bits per heavy atom. The van der Waals surface area contributed by atoms with Gasteiger partial charge in [0.25, 0.3) is 0 Å². The van der Waals surface area contributed by atoms with Gasteiger partial charge < -0.3 is 5.11 Å². The first kappa shape index (κ1) is 25.8. The second-order valence-corrected chi connectivity index (χ2v) is 8.36. The van der Waals surface area contributed by atoms with Gasteiger partial charge in [-0.05, 0) is 105 Å². The molecule has 0 bridgehead atoms. The first-order valence-corrected chi connectivity index (χ1v) is 11.1. The molecule has 5 radical (unpaired) electrons. The van der Waals surface area contributed by atoms with Crippen molar-refractivity contribution in [3.8, 4) is 5.75 Å². The van der Waals surface area contributed by atoms with Gasteiger partial charge in [0.1, 0.15) is 0 Å². The fourth-order valence-electron chi connectivity index (χ4n) is 3.50. The average molecular weight is 654 g/mol. The number of halogens is 1. The summed E-state index contributed by atoms with van der Waals surface area (Å²) >= 11 is 3.49. The van der Waals surface area contributed by atoms with Gasteiger partial charge in [-0.3, -0.25) is 4.99 Å². The third-order valence-corrected chi connectivity index (χ3v) is 5.50. The van der Waals surface area contributed by atoms with Gasteiger partial charge in [0.2, 0.25) is 0 Å². The molecule has 0 N–H and O–H groups in total. The van der Waals surface area contributed by atoms with Gasteiger partial charge in [-0.1, -0.05) is 58.1 Å². The molecular weight excluding hydrogens is 626 g/mol. The molecule has 1 saturated carbocycles. The second kappa shape index (κ2) is 13.2. The maximum Gasteiger partial charge on any atom is 0.0688 e. The quantitative estimate of drug-likeness (QED) is 0.265. The van der Waals surface area contributed by atoms with Gasteiger partial charge in [0, 0.05) is 30.8 Å². The molecule has 1 aliphatic carbocycles. The normalized spacial score (nSPS) is 14.3. The van der Waals surface area contributed by atoms with Crippen molar-refractivity contribution >= 4 is 38.6 Å². The minimum absolute atomic E-state index is 0. The monoisotopic (exact) mass is 653 g/mol. The van der Waals surface area contributed by atoms with E-state index in [1.165, 1.54) is 25.7 Å². The van der Waals surface area contributed by atoms with Crippen molar-refractivity contribution in [2.24, 2.45) is 4.99 Å². The summed E-state index contributed by atoms with van der Waals surface area (Å²) in [4.78, 5) is 4.58. The maximum absolute atomic E-state index is 12.2. The Morgan fingerprint density at radius 2 is 1.39 bits per heavy atom. The van der Waals surface area contributed by atoms with E-state index in [1.54, 1.807) is 12.3 Å². The number of aliphatic imine (C=N–C) groups is 1. The van der Waals surface area contributed by atoms with Crippen molar-refractivity contribution in [1.82, 2.24) is 0 Å². The SMILES string of the molecule is Cc1cc(Br)cc(C)c1N=Cc1c([O-])ccc2ccccc12.[CH]1[CH]CC[CH][CH]CC1.[Ir]. The molecule has 0 unspecified atom stereocenters. The molecule has 2 nitrogen and oxygen atoms in total. The molecule has 4 rings (SSSR count). The summed E-state index contributed by atoms with van der Waals surface area (Å²) in [6.45, 7) is 4.04. The van der Waals surface area contributed by atoms with Crippen molar-refractivity contribution in [3.63, 3.8) is 0 Å². The van der Waals surface area contributed by atoms with Crippen LogP contribution in [0.1, 0.15) is 42.4 Å². The van der Waals surface area contributed by atoms with Crippen molar-refractivity contribution in [2.75, 3.05) is 0 Å². The topological polar surface area (TPSA) is 35.4 Å². The van der Waals surface area contributed by atoms with Gasteiger partial charge in [0.05, 0.1) is 5.69 Å². The molecule has 3 aromatic rings. The minimum Gasteiger partial charge on any atom is -0.872 e. The Kier molecular flexibility index (Phi) is 10.9. The van der Waals surface area contributed by atoms with Crippen LogP contribution in [0.15, 0.2) is 58.0 Å². The Labute approximate surface area is 208 Å². The zero-order valence-electron chi connectivity index (χ0n) is 17.9. The molecule has 1 aliphatic rings. The van der Waals surface area contributed by atoms with E-state index in [1.807, 2.05) is 56.3 Å². The van der Waals surface area contributed by atoms with Gasteiger partial charge in [-0.25, -0.2) is 0 Å². The molecule has 0 spiro atoms. The summed E-state index contributed by atoms with van der Waals surface area (Å²) in [6, 6.07) is 15.4.